The molecule has 0 atom stereocenters. The monoisotopic (exact) mass is 379 g/mol. The zero-order valence-electron chi connectivity index (χ0n) is 16.2. The first kappa shape index (κ1) is 27.2. The third kappa shape index (κ3) is 23.9. The van der Waals surface area contributed by atoms with E-state index in [1.807, 2.05) is 0 Å². The predicted octanol–water partition coefficient (Wildman–Crippen LogP) is 4.84. The maximum Gasteiger partial charge on any atom is 0.322 e. The van der Waals surface area contributed by atoms with Gasteiger partial charge in [-0.2, -0.15) is 0 Å². The summed E-state index contributed by atoms with van der Waals surface area (Å²) in [4.78, 5) is 21.6. The van der Waals surface area contributed by atoms with Crippen LogP contribution in [0.1, 0.15) is 96.8 Å². The third-order valence-corrected chi connectivity index (χ3v) is 4.10. The average molecular weight is 380 g/mol. The van der Waals surface area contributed by atoms with Crippen molar-refractivity contribution >= 4 is 49.6 Å². The number of carbonyl (C=O) groups excluding carboxylic acids is 1. The summed E-state index contributed by atoms with van der Waals surface area (Å²) in [5.41, 5.74) is 0. The summed E-state index contributed by atoms with van der Waals surface area (Å²) in [7, 11) is 0. The van der Waals surface area contributed by atoms with Gasteiger partial charge in [0.2, 0.25) is 5.91 Å². The molecule has 0 spiro atoms. The van der Waals surface area contributed by atoms with Crippen LogP contribution in [0.5, 0.6) is 0 Å². The fourth-order valence-electron chi connectivity index (χ4n) is 2.62. The van der Waals surface area contributed by atoms with Crippen LogP contribution in [0.15, 0.2) is 12.2 Å². The molecule has 0 aliphatic heterocycles. The standard InChI is InChI=1S/C20H37NO3.Ca/c1-2-3-4-5-6-7-8-9-10-11-12-13-14-15-16-17-19(22)21-18-20(23)24;/h9-10H,2-8,11-18H2,1H3,(H,21,22)(H,23,24);/b10-9-;. The normalized spacial score (nSPS) is 10.6. The number of rotatable bonds is 17. The van der Waals surface area contributed by atoms with E-state index in [1.165, 1.54) is 57.8 Å². The van der Waals surface area contributed by atoms with E-state index in [4.69, 9.17) is 5.11 Å². The molecule has 0 aliphatic carbocycles. The molecule has 0 rings (SSSR count). The van der Waals surface area contributed by atoms with E-state index in [0.717, 1.165) is 25.7 Å². The van der Waals surface area contributed by atoms with Crippen molar-refractivity contribution in [3.05, 3.63) is 12.2 Å². The van der Waals surface area contributed by atoms with E-state index in [0.29, 0.717) is 6.42 Å². The number of carboxylic acid groups (broad SMARTS) is 1. The molecule has 0 aromatic heterocycles. The zero-order chi connectivity index (χ0) is 17.9. The minimum atomic E-state index is -0.993. The average Bonchev–Trinajstić information content (AvgIpc) is 2.56. The van der Waals surface area contributed by atoms with Gasteiger partial charge in [-0.05, 0) is 32.1 Å². The molecule has 0 aliphatic rings. The Bertz CT molecular complexity index is 346. The van der Waals surface area contributed by atoms with Crippen molar-refractivity contribution in [3.63, 3.8) is 0 Å². The van der Waals surface area contributed by atoms with Crippen molar-refractivity contribution < 1.29 is 14.7 Å². The van der Waals surface area contributed by atoms with Gasteiger partial charge in [-0.25, -0.2) is 0 Å². The first-order valence-corrected chi connectivity index (χ1v) is 9.80. The van der Waals surface area contributed by atoms with Crippen molar-refractivity contribution in [3.8, 4) is 0 Å². The third-order valence-electron chi connectivity index (χ3n) is 4.10. The van der Waals surface area contributed by atoms with Gasteiger partial charge in [0.1, 0.15) is 6.54 Å². The molecule has 0 unspecified atom stereocenters. The van der Waals surface area contributed by atoms with E-state index >= 15 is 0 Å². The summed E-state index contributed by atoms with van der Waals surface area (Å²) in [6, 6.07) is 0. The number of carbonyl (C=O) groups is 2. The smallest absolute Gasteiger partial charge is 0.322 e. The number of hydrogen-bond donors (Lipinski definition) is 2. The van der Waals surface area contributed by atoms with Gasteiger partial charge in [0.25, 0.3) is 0 Å². The zero-order valence-corrected chi connectivity index (χ0v) is 18.4. The molecule has 0 aromatic carbocycles. The molecule has 142 valence electrons. The minimum absolute atomic E-state index is 0. The van der Waals surface area contributed by atoms with Crippen molar-refractivity contribution in [1.29, 1.82) is 0 Å². The van der Waals surface area contributed by atoms with Gasteiger partial charge >= 0.3 is 5.97 Å². The van der Waals surface area contributed by atoms with Crippen molar-refractivity contribution in [2.45, 2.75) is 96.8 Å². The number of amides is 1. The largest absolute Gasteiger partial charge is 0.480 e. The Labute approximate surface area is 184 Å². The quantitative estimate of drug-likeness (QED) is 0.216. The Morgan fingerprint density at radius 3 is 1.80 bits per heavy atom. The van der Waals surface area contributed by atoms with Crippen LogP contribution in [-0.2, 0) is 9.59 Å². The number of hydrogen-bond acceptors (Lipinski definition) is 2. The number of nitrogens with one attached hydrogen (secondary N) is 1. The van der Waals surface area contributed by atoms with E-state index in [1.54, 1.807) is 0 Å². The molecular formula is C20H37CaNO3. The summed E-state index contributed by atoms with van der Waals surface area (Å²) in [5, 5.41) is 10.8. The first-order valence-electron chi connectivity index (χ1n) is 9.80. The summed E-state index contributed by atoms with van der Waals surface area (Å²) in [6.07, 6.45) is 21.1. The van der Waals surface area contributed by atoms with Crippen LogP contribution in [0.4, 0.5) is 0 Å². The van der Waals surface area contributed by atoms with Gasteiger partial charge < -0.3 is 10.4 Å². The molecule has 0 saturated heterocycles. The second kappa shape index (κ2) is 22.0. The summed E-state index contributed by atoms with van der Waals surface area (Å²) >= 11 is 0. The maximum atomic E-state index is 11.3. The molecule has 0 saturated carbocycles. The summed E-state index contributed by atoms with van der Waals surface area (Å²) in [5.74, 6) is -1.15. The van der Waals surface area contributed by atoms with Gasteiger partial charge in [-0.3, -0.25) is 9.59 Å². The van der Waals surface area contributed by atoms with Gasteiger partial charge in [-0.15, -0.1) is 0 Å². The Balaban J connectivity index is 0. The van der Waals surface area contributed by atoms with E-state index in [-0.39, 0.29) is 50.2 Å². The molecule has 0 aromatic rings. The fraction of sp³-hybridized carbons (Fsp3) is 0.800. The second-order valence-electron chi connectivity index (χ2n) is 6.50. The minimum Gasteiger partial charge on any atom is -0.480 e. The van der Waals surface area contributed by atoms with Crippen molar-refractivity contribution in [1.82, 2.24) is 5.32 Å². The van der Waals surface area contributed by atoms with Gasteiger partial charge in [-0.1, -0.05) is 70.4 Å². The molecule has 0 heterocycles. The number of carboxylic acids is 1. The molecule has 4 nitrogen and oxygen atoms in total. The number of aliphatic carboxylic acids is 1. The SMILES string of the molecule is CCCCCCCC/C=C\CCCCCCCC(=O)NCC(=O)O.[Ca]. The van der Waals surface area contributed by atoms with E-state index < -0.39 is 5.97 Å². The van der Waals surface area contributed by atoms with Crippen molar-refractivity contribution in [2.24, 2.45) is 0 Å². The Kier molecular flexibility index (Phi) is 23.9. The Hall–Kier alpha value is -0.0603. The first-order chi connectivity index (χ1) is 11.7. The van der Waals surface area contributed by atoms with Crippen LogP contribution < -0.4 is 5.32 Å². The molecule has 0 bridgehead atoms. The molecule has 0 fully saturated rings. The van der Waals surface area contributed by atoms with E-state index in [9.17, 15) is 9.59 Å². The number of allylic oxidation sites excluding steroid dienone is 2. The fourth-order valence-corrected chi connectivity index (χ4v) is 2.62. The summed E-state index contributed by atoms with van der Waals surface area (Å²) in [6.45, 7) is 1.98. The Morgan fingerprint density at radius 1 is 0.800 bits per heavy atom. The molecule has 25 heavy (non-hydrogen) atoms. The predicted molar refractivity (Wildman–Crippen MR) is 106 cm³/mol. The topological polar surface area (TPSA) is 66.4 Å². The van der Waals surface area contributed by atoms with Gasteiger partial charge in [0.05, 0.1) is 0 Å². The molecule has 2 radical (unpaired) electrons. The van der Waals surface area contributed by atoms with Crippen LogP contribution >= 0.6 is 0 Å². The van der Waals surface area contributed by atoms with Crippen LogP contribution in [0, 0.1) is 0 Å². The molecule has 1 amide bonds. The molecular weight excluding hydrogens is 342 g/mol. The van der Waals surface area contributed by atoms with Gasteiger partial charge in [0, 0.05) is 44.2 Å². The van der Waals surface area contributed by atoms with E-state index in [2.05, 4.69) is 24.4 Å². The summed E-state index contributed by atoms with van der Waals surface area (Å²) < 4.78 is 0. The van der Waals surface area contributed by atoms with Crippen LogP contribution in [0.2, 0.25) is 0 Å². The second-order valence-corrected chi connectivity index (χ2v) is 6.50. The Morgan fingerprint density at radius 2 is 1.28 bits per heavy atom. The van der Waals surface area contributed by atoms with Crippen LogP contribution in [0.3, 0.4) is 0 Å². The van der Waals surface area contributed by atoms with Crippen LogP contribution in [-0.4, -0.2) is 61.3 Å². The van der Waals surface area contributed by atoms with Gasteiger partial charge in [0.15, 0.2) is 0 Å². The number of unbranched alkanes of at least 4 members (excludes halogenated alkanes) is 11. The van der Waals surface area contributed by atoms with Crippen molar-refractivity contribution in [2.75, 3.05) is 6.54 Å². The molecule has 2 N–H and O–H groups in total. The molecule has 5 heteroatoms. The van der Waals surface area contributed by atoms with Crippen LogP contribution in [0.25, 0.3) is 0 Å². The maximum absolute atomic E-state index is 11.3.